The number of rotatable bonds is 2. The van der Waals surface area contributed by atoms with Crippen LogP contribution in [0.25, 0.3) is 0 Å². The Hall–Kier alpha value is -1.66. The van der Waals surface area contributed by atoms with Crippen molar-refractivity contribution in [1.29, 1.82) is 0 Å². The van der Waals surface area contributed by atoms with Crippen molar-refractivity contribution < 1.29 is 14.8 Å². The summed E-state index contributed by atoms with van der Waals surface area (Å²) >= 11 is 0. The van der Waals surface area contributed by atoms with E-state index >= 15 is 0 Å². The van der Waals surface area contributed by atoms with Gasteiger partial charge in [-0.1, -0.05) is 0 Å². The van der Waals surface area contributed by atoms with Crippen LogP contribution in [0.2, 0.25) is 0 Å². The molecular weight excluding hydrogens is 272 g/mol. The zero-order valence-electron chi connectivity index (χ0n) is 12.3. The van der Waals surface area contributed by atoms with E-state index in [-0.39, 0.29) is 11.7 Å². The van der Waals surface area contributed by atoms with E-state index in [1.54, 1.807) is 6.07 Å². The van der Waals surface area contributed by atoms with Gasteiger partial charge in [0.1, 0.15) is 17.5 Å². The van der Waals surface area contributed by atoms with Crippen LogP contribution in [0.5, 0.6) is 5.75 Å². The molecule has 2 aliphatic heterocycles. The quantitative estimate of drug-likeness (QED) is 0.668. The van der Waals surface area contributed by atoms with E-state index in [1.807, 2.05) is 13.8 Å². The smallest absolute Gasteiger partial charge is 0.270 e. The minimum Gasteiger partial charge on any atom is -0.485 e. The number of benzene rings is 1. The average Bonchev–Trinajstić information content (AvgIpc) is 2.93. The SMILES string of the molecule is CC1(C)Oc2ccc([N+](=O)[O-])cc2C(N2CCCC2)C1O. The van der Waals surface area contributed by atoms with Crippen molar-refractivity contribution in [2.45, 2.75) is 44.4 Å². The fourth-order valence-electron chi connectivity index (χ4n) is 3.28. The number of fused-ring (bicyclic) bond motifs is 1. The molecule has 1 N–H and O–H groups in total. The summed E-state index contributed by atoms with van der Waals surface area (Å²) in [5.74, 6) is 0.632. The van der Waals surface area contributed by atoms with Crippen molar-refractivity contribution in [2.24, 2.45) is 0 Å². The number of aliphatic hydroxyl groups excluding tert-OH is 1. The molecule has 0 aromatic heterocycles. The molecule has 2 atom stereocenters. The van der Waals surface area contributed by atoms with Gasteiger partial charge >= 0.3 is 0 Å². The van der Waals surface area contributed by atoms with E-state index in [0.717, 1.165) is 31.5 Å². The third kappa shape index (κ3) is 2.38. The molecule has 0 saturated carbocycles. The monoisotopic (exact) mass is 292 g/mol. The van der Waals surface area contributed by atoms with Gasteiger partial charge in [0.15, 0.2) is 0 Å². The Kier molecular flexibility index (Phi) is 3.37. The number of nitro benzene ring substituents is 1. The summed E-state index contributed by atoms with van der Waals surface area (Å²) in [6, 6.07) is 4.39. The van der Waals surface area contributed by atoms with Crippen molar-refractivity contribution in [3.63, 3.8) is 0 Å². The fourth-order valence-corrected chi connectivity index (χ4v) is 3.28. The van der Waals surface area contributed by atoms with E-state index in [9.17, 15) is 15.2 Å². The van der Waals surface area contributed by atoms with Crippen LogP contribution in [0.15, 0.2) is 18.2 Å². The van der Waals surface area contributed by atoms with Crippen molar-refractivity contribution in [2.75, 3.05) is 13.1 Å². The second-order valence-electron chi connectivity index (χ2n) is 6.32. The molecule has 1 fully saturated rings. The van der Waals surface area contributed by atoms with Gasteiger partial charge in [-0.2, -0.15) is 0 Å². The van der Waals surface area contributed by atoms with Crippen molar-refractivity contribution in [3.05, 3.63) is 33.9 Å². The average molecular weight is 292 g/mol. The van der Waals surface area contributed by atoms with Gasteiger partial charge in [-0.25, -0.2) is 0 Å². The Morgan fingerprint density at radius 1 is 1.38 bits per heavy atom. The highest BCUT2D eigenvalue weighted by molar-refractivity contribution is 5.48. The van der Waals surface area contributed by atoms with Crippen LogP contribution in [0.4, 0.5) is 5.69 Å². The molecule has 0 aliphatic carbocycles. The van der Waals surface area contributed by atoms with Crippen LogP contribution in [0.1, 0.15) is 38.3 Å². The molecule has 1 aromatic carbocycles. The molecule has 0 radical (unpaired) electrons. The molecular formula is C15H20N2O4. The fraction of sp³-hybridized carbons (Fsp3) is 0.600. The van der Waals surface area contributed by atoms with Gasteiger partial charge in [-0.15, -0.1) is 0 Å². The van der Waals surface area contributed by atoms with Crippen LogP contribution in [0, 0.1) is 10.1 Å². The van der Waals surface area contributed by atoms with Gasteiger partial charge in [-0.3, -0.25) is 15.0 Å². The Morgan fingerprint density at radius 2 is 2.05 bits per heavy atom. The lowest BCUT2D eigenvalue weighted by atomic mass is 9.85. The maximum atomic E-state index is 11.0. The van der Waals surface area contributed by atoms with E-state index < -0.39 is 16.6 Å². The summed E-state index contributed by atoms with van der Waals surface area (Å²) in [6.07, 6.45) is 1.47. The molecule has 2 aliphatic rings. The minimum absolute atomic E-state index is 0.0356. The second kappa shape index (κ2) is 4.96. The van der Waals surface area contributed by atoms with Crippen molar-refractivity contribution in [3.8, 4) is 5.75 Å². The first-order chi connectivity index (χ1) is 9.90. The predicted molar refractivity (Wildman–Crippen MR) is 77.4 cm³/mol. The van der Waals surface area contributed by atoms with Gasteiger partial charge in [0.25, 0.3) is 5.69 Å². The topological polar surface area (TPSA) is 75.8 Å². The van der Waals surface area contributed by atoms with E-state index in [0.29, 0.717) is 5.75 Å². The second-order valence-corrected chi connectivity index (χ2v) is 6.32. The third-order valence-corrected chi connectivity index (χ3v) is 4.44. The molecule has 2 heterocycles. The summed E-state index contributed by atoms with van der Waals surface area (Å²) in [5.41, 5.74) is 0.0440. The maximum absolute atomic E-state index is 11.0. The first-order valence-corrected chi connectivity index (χ1v) is 7.29. The Labute approximate surface area is 123 Å². The molecule has 0 amide bonds. The number of aliphatic hydroxyl groups is 1. The van der Waals surface area contributed by atoms with E-state index in [2.05, 4.69) is 4.90 Å². The summed E-state index contributed by atoms with van der Waals surface area (Å²) in [4.78, 5) is 12.8. The summed E-state index contributed by atoms with van der Waals surface area (Å²) in [5, 5.41) is 21.7. The molecule has 3 rings (SSSR count). The van der Waals surface area contributed by atoms with Crippen LogP contribution in [0.3, 0.4) is 0 Å². The van der Waals surface area contributed by atoms with E-state index in [4.69, 9.17) is 4.74 Å². The minimum atomic E-state index is -0.717. The van der Waals surface area contributed by atoms with Crippen molar-refractivity contribution >= 4 is 5.69 Å². The normalized spacial score (nSPS) is 28.0. The molecule has 0 spiro atoms. The lowest BCUT2D eigenvalue weighted by Crippen LogP contribution is -2.53. The molecule has 2 unspecified atom stereocenters. The summed E-state index contributed by atoms with van der Waals surface area (Å²) < 4.78 is 5.86. The first-order valence-electron chi connectivity index (χ1n) is 7.29. The van der Waals surface area contributed by atoms with Gasteiger partial charge in [0, 0.05) is 17.7 Å². The van der Waals surface area contributed by atoms with Crippen LogP contribution >= 0.6 is 0 Å². The summed E-state index contributed by atoms with van der Waals surface area (Å²) in [6.45, 7) is 5.51. The lowest BCUT2D eigenvalue weighted by molar-refractivity contribution is -0.385. The predicted octanol–water partition coefficient (Wildman–Crippen LogP) is 2.26. The van der Waals surface area contributed by atoms with Crippen LogP contribution in [-0.4, -0.2) is 39.7 Å². The van der Waals surface area contributed by atoms with Gasteiger partial charge in [0.2, 0.25) is 0 Å². The Balaban J connectivity index is 2.08. The molecule has 1 saturated heterocycles. The van der Waals surface area contributed by atoms with Gasteiger partial charge in [0.05, 0.1) is 11.0 Å². The number of hydrogen-bond donors (Lipinski definition) is 1. The highest BCUT2D eigenvalue weighted by atomic mass is 16.6. The maximum Gasteiger partial charge on any atom is 0.270 e. The molecule has 6 nitrogen and oxygen atoms in total. The number of likely N-dealkylation sites (tertiary alicyclic amines) is 1. The van der Waals surface area contributed by atoms with Crippen LogP contribution in [-0.2, 0) is 0 Å². The molecule has 21 heavy (non-hydrogen) atoms. The zero-order valence-corrected chi connectivity index (χ0v) is 12.3. The van der Waals surface area contributed by atoms with Crippen LogP contribution < -0.4 is 4.74 Å². The number of non-ortho nitro benzene ring substituents is 1. The third-order valence-electron chi connectivity index (χ3n) is 4.44. The molecule has 114 valence electrons. The van der Waals surface area contributed by atoms with Gasteiger partial charge in [-0.05, 0) is 45.8 Å². The molecule has 6 heteroatoms. The van der Waals surface area contributed by atoms with E-state index in [1.165, 1.54) is 12.1 Å². The highest BCUT2D eigenvalue weighted by Gasteiger charge is 2.46. The highest BCUT2D eigenvalue weighted by Crippen LogP contribution is 2.44. The van der Waals surface area contributed by atoms with Crippen molar-refractivity contribution in [1.82, 2.24) is 4.90 Å². The lowest BCUT2D eigenvalue weighted by Gasteiger charge is -2.45. The number of hydrogen-bond acceptors (Lipinski definition) is 5. The standard InChI is InChI=1S/C15H20N2O4/c1-15(2)14(18)13(16-7-3-4-8-16)11-9-10(17(19)20)5-6-12(11)21-15/h5-6,9,13-14,18H,3-4,7-8H2,1-2H3. The number of nitrogens with zero attached hydrogens (tertiary/aromatic N) is 2. The molecule has 0 bridgehead atoms. The first kappa shape index (κ1) is 14.3. The van der Waals surface area contributed by atoms with Gasteiger partial charge < -0.3 is 9.84 Å². The Bertz CT molecular complexity index is 567. The molecule has 1 aromatic rings. The zero-order chi connectivity index (χ0) is 15.2. The number of nitro groups is 1. The largest absolute Gasteiger partial charge is 0.485 e. The Morgan fingerprint density at radius 3 is 2.67 bits per heavy atom. The number of ether oxygens (including phenoxy) is 1. The summed E-state index contributed by atoms with van der Waals surface area (Å²) in [7, 11) is 0.